The highest BCUT2D eigenvalue weighted by Crippen LogP contribution is 2.33. The fourth-order valence-corrected chi connectivity index (χ4v) is 3.94. The van der Waals surface area contributed by atoms with E-state index in [4.69, 9.17) is 9.15 Å². The normalized spacial score (nSPS) is 15.6. The summed E-state index contributed by atoms with van der Waals surface area (Å²) in [6.45, 7) is 1.29. The molecular weight excluding hydrogens is 428 g/mol. The predicted molar refractivity (Wildman–Crippen MR) is 119 cm³/mol. The fourth-order valence-electron chi connectivity index (χ4n) is 3.94. The summed E-state index contributed by atoms with van der Waals surface area (Å²) < 4.78 is 41.0. The Bertz CT molecular complexity index is 1270. The molecule has 1 saturated heterocycles. The predicted octanol–water partition coefficient (Wildman–Crippen LogP) is 5.52. The second-order valence-electron chi connectivity index (χ2n) is 7.83. The smallest absolute Gasteiger partial charge is 0.291 e. The first-order valence-electron chi connectivity index (χ1n) is 10.7. The van der Waals surface area contributed by atoms with Gasteiger partial charge in [-0.1, -0.05) is 12.1 Å². The third-order valence-corrected chi connectivity index (χ3v) is 5.56. The third kappa shape index (κ3) is 4.42. The minimum absolute atomic E-state index is 0.0307. The zero-order chi connectivity index (χ0) is 22.8. The Balaban J connectivity index is 1.49. The molecule has 1 N–H and O–H groups in total. The lowest BCUT2D eigenvalue weighted by Crippen LogP contribution is -2.15. The van der Waals surface area contributed by atoms with Gasteiger partial charge in [0, 0.05) is 12.2 Å². The monoisotopic (exact) mass is 449 g/mol. The Labute approximate surface area is 188 Å². The summed E-state index contributed by atoms with van der Waals surface area (Å²) in [4.78, 5) is 17.2. The average Bonchev–Trinajstić information content (AvgIpc) is 3.57. The van der Waals surface area contributed by atoms with Crippen LogP contribution in [0.1, 0.15) is 23.4 Å². The van der Waals surface area contributed by atoms with Crippen molar-refractivity contribution in [3.05, 3.63) is 84.4 Å². The van der Waals surface area contributed by atoms with Gasteiger partial charge < -0.3 is 19.0 Å². The number of nitrogens with zero attached hydrogens (tertiary/aromatic N) is 2. The van der Waals surface area contributed by atoms with Crippen molar-refractivity contribution in [2.24, 2.45) is 0 Å². The van der Waals surface area contributed by atoms with Gasteiger partial charge in [0.15, 0.2) is 11.5 Å². The highest BCUT2D eigenvalue weighted by Gasteiger charge is 2.24. The number of carbonyl (C=O) groups is 1. The van der Waals surface area contributed by atoms with Gasteiger partial charge in [0.1, 0.15) is 17.3 Å². The van der Waals surface area contributed by atoms with Crippen LogP contribution >= 0.6 is 0 Å². The molecule has 5 rings (SSSR count). The summed E-state index contributed by atoms with van der Waals surface area (Å²) in [6, 6.07) is 15.1. The van der Waals surface area contributed by atoms with Crippen LogP contribution in [0.3, 0.4) is 0 Å². The van der Waals surface area contributed by atoms with Gasteiger partial charge in [-0.05, 0) is 61.4 Å². The molecule has 8 heteroatoms. The molecule has 1 unspecified atom stereocenters. The van der Waals surface area contributed by atoms with Crippen molar-refractivity contribution in [3.8, 4) is 22.7 Å². The van der Waals surface area contributed by atoms with Gasteiger partial charge in [0.25, 0.3) is 5.91 Å². The minimum Gasteiger partial charge on any atom is -0.449 e. The number of anilines is 1. The maximum absolute atomic E-state index is 13.9. The van der Waals surface area contributed by atoms with Crippen molar-refractivity contribution in [3.63, 3.8) is 0 Å². The van der Waals surface area contributed by atoms with Crippen LogP contribution in [0.25, 0.3) is 22.7 Å². The van der Waals surface area contributed by atoms with Crippen LogP contribution < -0.4 is 5.32 Å². The molecule has 0 bridgehead atoms. The largest absolute Gasteiger partial charge is 0.449 e. The molecule has 0 aliphatic carbocycles. The molecule has 1 atom stereocenters. The van der Waals surface area contributed by atoms with E-state index in [1.807, 2.05) is 4.57 Å². The Hall–Kier alpha value is -3.78. The van der Waals surface area contributed by atoms with E-state index in [-0.39, 0.29) is 23.4 Å². The lowest BCUT2D eigenvalue weighted by Gasteiger charge is -2.13. The van der Waals surface area contributed by atoms with Gasteiger partial charge in [-0.3, -0.25) is 4.79 Å². The fraction of sp³-hybridized carbons (Fsp3) is 0.200. The zero-order valence-corrected chi connectivity index (χ0v) is 17.6. The second-order valence-corrected chi connectivity index (χ2v) is 7.83. The molecule has 168 valence electrons. The Morgan fingerprint density at radius 2 is 1.91 bits per heavy atom. The molecule has 6 nitrogen and oxygen atoms in total. The molecule has 0 radical (unpaired) electrons. The van der Waals surface area contributed by atoms with E-state index >= 15 is 0 Å². The van der Waals surface area contributed by atoms with Gasteiger partial charge in [-0.25, -0.2) is 13.8 Å². The number of benzene rings is 2. The van der Waals surface area contributed by atoms with Crippen molar-refractivity contribution in [2.45, 2.75) is 25.5 Å². The van der Waals surface area contributed by atoms with Crippen molar-refractivity contribution in [2.75, 3.05) is 11.9 Å². The molecular formula is C25H21F2N3O3. The second kappa shape index (κ2) is 8.99. The quantitative estimate of drug-likeness (QED) is 0.421. The summed E-state index contributed by atoms with van der Waals surface area (Å²) in [5.41, 5.74) is 2.03. The van der Waals surface area contributed by atoms with Crippen molar-refractivity contribution < 1.29 is 22.7 Å². The number of amides is 1. The number of imidazole rings is 1. The SMILES string of the molecule is O=C(Nc1ccccc1F)c1ccc(-c2c(-c3ccc(F)cc3)ncn2CC2CCCO2)o1. The first-order valence-corrected chi connectivity index (χ1v) is 10.7. The Morgan fingerprint density at radius 3 is 2.67 bits per heavy atom. The first-order chi connectivity index (χ1) is 16.1. The van der Waals surface area contributed by atoms with Crippen molar-refractivity contribution in [1.29, 1.82) is 0 Å². The van der Waals surface area contributed by atoms with Crippen LogP contribution in [0.4, 0.5) is 14.5 Å². The Morgan fingerprint density at radius 1 is 1.09 bits per heavy atom. The molecule has 33 heavy (non-hydrogen) atoms. The summed E-state index contributed by atoms with van der Waals surface area (Å²) in [5, 5.41) is 2.52. The number of furan rings is 1. The Kier molecular flexibility index (Phi) is 5.75. The molecule has 4 aromatic rings. The van der Waals surface area contributed by atoms with E-state index in [2.05, 4.69) is 10.3 Å². The highest BCUT2D eigenvalue weighted by molar-refractivity contribution is 6.02. The number of rotatable bonds is 6. The van der Waals surface area contributed by atoms with E-state index in [1.54, 1.807) is 36.7 Å². The van der Waals surface area contributed by atoms with Gasteiger partial charge in [0.05, 0.1) is 30.4 Å². The number of ether oxygens (including phenoxy) is 1. The van der Waals surface area contributed by atoms with E-state index in [0.29, 0.717) is 29.3 Å². The summed E-state index contributed by atoms with van der Waals surface area (Å²) in [5.74, 6) is -0.999. The molecule has 1 amide bonds. The van der Waals surface area contributed by atoms with E-state index in [9.17, 15) is 13.6 Å². The topological polar surface area (TPSA) is 69.3 Å². The lowest BCUT2D eigenvalue weighted by atomic mass is 10.1. The highest BCUT2D eigenvalue weighted by atomic mass is 19.1. The van der Waals surface area contributed by atoms with Gasteiger partial charge >= 0.3 is 0 Å². The number of halogens is 2. The maximum Gasteiger partial charge on any atom is 0.291 e. The lowest BCUT2D eigenvalue weighted by molar-refractivity contribution is 0.0970. The number of aromatic nitrogens is 2. The molecule has 1 fully saturated rings. The van der Waals surface area contributed by atoms with E-state index < -0.39 is 11.7 Å². The molecule has 2 aromatic heterocycles. The first kappa shape index (κ1) is 21.1. The molecule has 3 heterocycles. The van der Waals surface area contributed by atoms with E-state index in [1.165, 1.54) is 30.3 Å². The van der Waals surface area contributed by atoms with Crippen LogP contribution in [-0.2, 0) is 11.3 Å². The molecule has 2 aromatic carbocycles. The maximum atomic E-state index is 13.9. The number of hydrogen-bond donors (Lipinski definition) is 1. The number of carbonyl (C=O) groups excluding carboxylic acids is 1. The number of hydrogen-bond acceptors (Lipinski definition) is 4. The molecule has 0 spiro atoms. The molecule has 1 aliphatic heterocycles. The summed E-state index contributed by atoms with van der Waals surface area (Å²) in [7, 11) is 0. The zero-order valence-electron chi connectivity index (χ0n) is 17.6. The van der Waals surface area contributed by atoms with Crippen molar-refractivity contribution in [1.82, 2.24) is 9.55 Å². The van der Waals surface area contributed by atoms with Crippen LogP contribution in [-0.4, -0.2) is 28.2 Å². The van der Waals surface area contributed by atoms with E-state index in [0.717, 1.165) is 19.4 Å². The standard InChI is InChI=1S/C25H21F2N3O3/c26-17-9-7-16(8-10-17)23-24(30(15-28-23)14-18-4-3-13-32-18)21-11-12-22(33-21)25(31)29-20-6-2-1-5-19(20)27/h1-2,5-12,15,18H,3-4,13-14H2,(H,29,31). The molecule has 0 saturated carbocycles. The van der Waals surface area contributed by atoms with Crippen LogP contribution in [0.2, 0.25) is 0 Å². The van der Waals surface area contributed by atoms with Crippen LogP contribution in [0.5, 0.6) is 0 Å². The van der Waals surface area contributed by atoms with Crippen LogP contribution in [0, 0.1) is 11.6 Å². The number of para-hydroxylation sites is 1. The van der Waals surface area contributed by atoms with Crippen molar-refractivity contribution >= 4 is 11.6 Å². The average molecular weight is 449 g/mol. The van der Waals surface area contributed by atoms with Gasteiger partial charge in [0.2, 0.25) is 0 Å². The van der Waals surface area contributed by atoms with Gasteiger partial charge in [-0.15, -0.1) is 0 Å². The molecule has 1 aliphatic rings. The van der Waals surface area contributed by atoms with Crippen LogP contribution in [0.15, 0.2) is 71.4 Å². The minimum atomic E-state index is -0.570. The summed E-state index contributed by atoms with van der Waals surface area (Å²) >= 11 is 0. The summed E-state index contributed by atoms with van der Waals surface area (Å²) in [6.07, 6.45) is 3.69. The number of nitrogens with one attached hydrogen (secondary N) is 1. The third-order valence-electron chi connectivity index (χ3n) is 5.56. The van der Waals surface area contributed by atoms with Gasteiger partial charge in [-0.2, -0.15) is 0 Å².